The van der Waals surface area contributed by atoms with Crippen LogP contribution in [0.25, 0.3) is 34.1 Å². The molecule has 4 aromatic rings. The zero-order valence-corrected chi connectivity index (χ0v) is 19.6. The van der Waals surface area contributed by atoms with Crippen molar-refractivity contribution in [2.45, 2.75) is 6.92 Å². The number of aromatic nitrogens is 2. The number of likely N-dealkylation sites (N-methyl/N-ethyl adjacent to an activating group) is 1. The lowest BCUT2D eigenvalue weighted by molar-refractivity contribution is -0.121. The first-order valence-electron chi connectivity index (χ1n) is 10.7. The van der Waals surface area contributed by atoms with Crippen molar-refractivity contribution in [3.8, 4) is 28.1 Å². The van der Waals surface area contributed by atoms with E-state index in [1.54, 1.807) is 4.90 Å². The van der Waals surface area contributed by atoms with Gasteiger partial charge < -0.3 is 0 Å². The van der Waals surface area contributed by atoms with Gasteiger partial charge in [0, 0.05) is 23.9 Å². The summed E-state index contributed by atoms with van der Waals surface area (Å²) in [5.74, 6) is -0.0506. The quantitative estimate of drug-likeness (QED) is 0.250. The lowest BCUT2D eigenvalue weighted by Gasteiger charge is -2.09. The zero-order chi connectivity index (χ0) is 22.8. The smallest absolute Gasteiger partial charge is 0.266 e. The Balaban J connectivity index is 1.58. The highest BCUT2D eigenvalue weighted by Crippen LogP contribution is 2.35. The van der Waals surface area contributed by atoms with Crippen LogP contribution in [0.1, 0.15) is 12.5 Å². The van der Waals surface area contributed by atoms with Crippen molar-refractivity contribution in [1.29, 1.82) is 0 Å². The van der Waals surface area contributed by atoms with Crippen molar-refractivity contribution in [1.82, 2.24) is 14.7 Å². The average Bonchev–Trinajstić information content (AvgIpc) is 3.40. The molecule has 6 heteroatoms. The van der Waals surface area contributed by atoms with Gasteiger partial charge in [-0.15, -0.1) is 0 Å². The number of rotatable bonds is 5. The second-order valence-electron chi connectivity index (χ2n) is 7.58. The minimum absolute atomic E-state index is 0.0506. The number of carbonyl (C=O) groups excluding carboxylic acids is 1. The van der Waals surface area contributed by atoms with Crippen molar-refractivity contribution in [2.24, 2.45) is 0 Å². The second kappa shape index (κ2) is 9.17. The van der Waals surface area contributed by atoms with E-state index < -0.39 is 0 Å². The van der Waals surface area contributed by atoms with E-state index >= 15 is 0 Å². The summed E-state index contributed by atoms with van der Waals surface area (Å²) in [6.45, 7) is 2.50. The summed E-state index contributed by atoms with van der Waals surface area (Å²) in [5.41, 5.74) is 5.96. The molecule has 1 aliphatic rings. The maximum absolute atomic E-state index is 12.8. The van der Waals surface area contributed by atoms with Crippen molar-refractivity contribution < 1.29 is 4.79 Å². The summed E-state index contributed by atoms with van der Waals surface area (Å²) in [6, 6.07) is 28.6. The Morgan fingerprint density at radius 3 is 2.12 bits per heavy atom. The van der Waals surface area contributed by atoms with Gasteiger partial charge in [-0.25, -0.2) is 4.68 Å². The highest BCUT2D eigenvalue weighted by atomic mass is 32.2. The molecule has 33 heavy (non-hydrogen) atoms. The van der Waals surface area contributed by atoms with Crippen molar-refractivity contribution >= 4 is 40.3 Å². The SMILES string of the molecule is CCN1C(=O)C(=Cc2cn(-c3ccccc3)nc2-c2ccc(-c3ccccc3)cc2)SC1=S. The highest BCUT2D eigenvalue weighted by molar-refractivity contribution is 8.26. The second-order valence-corrected chi connectivity index (χ2v) is 9.26. The van der Waals surface area contributed by atoms with E-state index in [9.17, 15) is 4.79 Å². The van der Waals surface area contributed by atoms with Gasteiger partial charge in [-0.05, 0) is 36.3 Å². The Morgan fingerprint density at radius 1 is 0.879 bits per heavy atom. The first kappa shape index (κ1) is 21.4. The fraction of sp³-hybridized carbons (Fsp3) is 0.0741. The third-order valence-electron chi connectivity index (χ3n) is 5.51. The van der Waals surface area contributed by atoms with Crippen LogP contribution >= 0.6 is 24.0 Å². The molecule has 0 spiro atoms. The van der Waals surface area contributed by atoms with Crippen LogP contribution in [0.5, 0.6) is 0 Å². The van der Waals surface area contributed by atoms with Gasteiger partial charge in [0.05, 0.1) is 16.3 Å². The number of amides is 1. The lowest BCUT2D eigenvalue weighted by Crippen LogP contribution is -2.27. The number of hydrogen-bond acceptors (Lipinski definition) is 4. The highest BCUT2D eigenvalue weighted by Gasteiger charge is 2.31. The summed E-state index contributed by atoms with van der Waals surface area (Å²) in [4.78, 5) is 15.0. The van der Waals surface area contributed by atoms with Crippen LogP contribution in [0.3, 0.4) is 0 Å². The van der Waals surface area contributed by atoms with E-state index in [0.29, 0.717) is 15.8 Å². The van der Waals surface area contributed by atoms with Crippen LogP contribution in [0.4, 0.5) is 0 Å². The van der Waals surface area contributed by atoms with Gasteiger partial charge in [0.25, 0.3) is 5.91 Å². The van der Waals surface area contributed by atoms with Gasteiger partial charge >= 0.3 is 0 Å². The van der Waals surface area contributed by atoms with E-state index in [0.717, 1.165) is 28.1 Å². The van der Waals surface area contributed by atoms with Crippen LogP contribution in [0.15, 0.2) is 96.0 Å². The van der Waals surface area contributed by atoms with Gasteiger partial charge in [-0.2, -0.15) is 5.10 Å². The number of thioether (sulfide) groups is 1. The number of para-hydroxylation sites is 1. The molecule has 1 aliphatic heterocycles. The topological polar surface area (TPSA) is 38.1 Å². The summed E-state index contributed by atoms with van der Waals surface area (Å²) in [6.07, 6.45) is 3.87. The van der Waals surface area contributed by atoms with Gasteiger partial charge in [0.2, 0.25) is 0 Å². The van der Waals surface area contributed by atoms with Gasteiger partial charge in [-0.3, -0.25) is 9.69 Å². The normalized spacial score (nSPS) is 14.9. The van der Waals surface area contributed by atoms with Gasteiger partial charge in [0.1, 0.15) is 4.32 Å². The van der Waals surface area contributed by atoms with Crippen molar-refractivity contribution in [3.05, 3.63) is 102 Å². The fourth-order valence-electron chi connectivity index (χ4n) is 3.80. The lowest BCUT2D eigenvalue weighted by atomic mass is 10.0. The van der Waals surface area contributed by atoms with Crippen LogP contribution in [-0.4, -0.2) is 31.5 Å². The van der Waals surface area contributed by atoms with E-state index in [4.69, 9.17) is 17.3 Å². The molecule has 0 radical (unpaired) electrons. The van der Waals surface area contributed by atoms with Crippen LogP contribution < -0.4 is 0 Å². The minimum Gasteiger partial charge on any atom is -0.293 e. The minimum atomic E-state index is -0.0506. The standard InChI is InChI=1S/C27H21N3OS2/c1-2-29-26(31)24(33-27(29)32)17-22-18-30(23-11-7-4-8-12-23)28-25(22)21-15-13-20(14-16-21)19-9-5-3-6-10-19/h3-18H,2H2,1H3. The molecule has 4 nitrogen and oxygen atoms in total. The molecule has 0 aliphatic carbocycles. The number of benzene rings is 3. The van der Waals surface area contributed by atoms with E-state index in [2.05, 4.69) is 36.4 Å². The summed E-state index contributed by atoms with van der Waals surface area (Å²) in [7, 11) is 0. The number of carbonyl (C=O) groups is 1. The number of hydrogen-bond donors (Lipinski definition) is 0. The molecule has 3 aromatic carbocycles. The van der Waals surface area contributed by atoms with Crippen LogP contribution in [0, 0.1) is 0 Å². The zero-order valence-electron chi connectivity index (χ0n) is 18.0. The van der Waals surface area contributed by atoms with Gasteiger partial charge in [-0.1, -0.05) is 96.8 Å². The fourth-order valence-corrected chi connectivity index (χ4v) is 5.17. The molecule has 1 fully saturated rings. The summed E-state index contributed by atoms with van der Waals surface area (Å²) >= 11 is 6.73. The first-order chi connectivity index (χ1) is 16.1. The molecule has 0 atom stereocenters. The van der Waals surface area contributed by atoms with E-state index in [-0.39, 0.29) is 5.91 Å². The van der Waals surface area contributed by atoms with Gasteiger partial charge in [0.15, 0.2) is 0 Å². The Hall–Kier alpha value is -3.48. The largest absolute Gasteiger partial charge is 0.293 e. The summed E-state index contributed by atoms with van der Waals surface area (Å²) < 4.78 is 2.45. The molecule has 2 heterocycles. The first-order valence-corrected chi connectivity index (χ1v) is 11.9. The molecule has 0 N–H and O–H groups in total. The molecule has 0 saturated carbocycles. The molecular weight excluding hydrogens is 446 g/mol. The Bertz CT molecular complexity index is 1340. The van der Waals surface area contributed by atoms with Crippen molar-refractivity contribution in [2.75, 3.05) is 6.54 Å². The number of thiocarbonyl (C=S) groups is 1. The Labute approximate surface area is 202 Å². The maximum Gasteiger partial charge on any atom is 0.266 e. The van der Waals surface area contributed by atoms with E-state index in [1.807, 2.05) is 72.4 Å². The molecule has 1 amide bonds. The molecule has 1 saturated heterocycles. The predicted molar refractivity (Wildman–Crippen MR) is 140 cm³/mol. The predicted octanol–water partition coefficient (Wildman–Crippen LogP) is 6.43. The molecule has 0 bridgehead atoms. The maximum atomic E-state index is 12.8. The monoisotopic (exact) mass is 467 g/mol. The van der Waals surface area contributed by atoms with Crippen LogP contribution in [0.2, 0.25) is 0 Å². The Morgan fingerprint density at radius 2 is 1.48 bits per heavy atom. The van der Waals surface area contributed by atoms with Crippen LogP contribution in [-0.2, 0) is 4.79 Å². The molecule has 0 unspecified atom stereocenters. The Kier molecular flexibility index (Phi) is 5.94. The van der Waals surface area contributed by atoms with E-state index in [1.165, 1.54) is 17.3 Å². The molecule has 162 valence electrons. The molecule has 1 aromatic heterocycles. The number of nitrogens with zero attached hydrogens (tertiary/aromatic N) is 3. The summed E-state index contributed by atoms with van der Waals surface area (Å²) in [5, 5.41) is 4.88. The molecule has 5 rings (SSSR count). The molecular formula is C27H21N3OS2. The third kappa shape index (κ3) is 4.27. The third-order valence-corrected chi connectivity index (χ3v) is 6.88. The van der Waals surface area contributed by atoms with Crippen molar-refractivity contribution in [3.63, 3.8) is 0 Å². The average molecular weight is 468 g/mol.